The van der Waals surface area contributed by atoms with E-state index in [-0.39, 0.29) is 30.2 Å². The minimum absolute atomic E-state index is 0.0314. The Bertz CT molecular complexity index is 746. The van der Waals surface area contributed by atoms with Gasteiger partial charge in [0.2, 0.25) is 23.5 Å². The van der Waals surface area contributed by atoms with Gasteiger partial charge < -0.3 is 15.2 Å². The van der Waals surface area contributed by atoms with E-state index in [0.717, 1.165) is 12.8 Å². The van der Waals surface area contributed by atoms with Gasteiger partial charge in [-0.3, -0.25) is 14.6 Å². The molecule has 0 aliphatic carbocycles. The van der Waals surface area contributed by atoms with Gasteiger partial charge in [0.1, 0.15) is 5.69 Å². The Balaban J connectivity index is 1.59. The number of nitrogens with two attached hydrogens (primary N) is 1. The van der Waals surface area contributed by atoms with Gasteiger partial charge in [-0.1, -0.05) is 11.2 Å². The minimum atomic E-state index is -0.346. The van der Waals surface area contributed by atoms with Gasteiger partial charge in [-0.25, -0.2) is 0 Å². The van der Waals surface area contributed by atoms with E-state index < -0.39 is 0 Å². The van der Waals surface area contributed by atoms with Crippen LogP contribution in [-0.2, 0) is 16.0 Å². The molecule has 2 aromatic rings. The highest BCUT2D eigenvalue weighted by molar-refractivity contribution is 5.80. The smallest absolute Gasteiger partial charge is 0.227 e. The summed E-state index contributed by atoms with van der Waals surface area (Å²) in [6.45, 7) is 2.37. The zero-order valence-electron chi connectivity index (χ0n) is 14.1. The first-order chi connectivity index (χ1) is 12.0. The van der Waals surface area contributed by atoms with E-state index >= 15 is 0 Å². The molecule has 2 aromatic heterocycles. The fourth-order valence-electron chi connectivity index (χ4n) is 3.00. The fourth-order valence-corrected chi connectivity index (χ4v) is 3.00. The lowest BCUT2D eigenvalue weighted by molar-refractivity contribution is -0.137. The number of carbonyl (C=O) groups is 2. The molecule has 0 bridgehead atoms. The van der Waals surface area contributed by atoms with Crippen molar-refractivity contribution in [1.82, 2.24) is 20.0 Å². The van der Waals surface area contributed by atoms with E-state index in [0.29, 0.717) is 30.4 Å². The third-order valence-electron chi connectivity index (χ3n) is 4.52. The number of nitrogens with zero attached hydrogens (tertiary/aromatic N) is 4. The Hall–Kier alpha value is -2.77. The predicted octanol–water partition coefficient (Wildman–Crippen LogP) is 1.18. The largest absolute Gasteiger partial charge is 0.369 e. The zero-order valence-corrected chi connectivity index (χ0v) is 14.1. The number of likely N-dealkylation sites (tertiary alicyclic amines) is 1. The Labute approximate surface area is 145 Å². The van der Waals surface area contributed by atoms with Crippen LogP contribution in [0.3, 0.4) is 0 Å². The van der Waals surface area contributed by atoms with Crippen LogP contribution in [0.2, 0.25) is 0 Å². The summed E-state index contributed by atoms with van der Waals surface area (Å²) in [6, 6.07) is 5.55. The molecule has 0 unspecified atom stereocenters. The number of rotatable bonds is 5. The number of aryl methyl sites for hydroxylation is 1. The first-order valence-electron chi connectivity index (χ1n) is 8.37. The van der Waals surface area contributed by atoms with E-state index in [2.05, 4.69) is 15.1 Å². The average molecular weight is 343 g/mol. The number of aromatic nitrogens is 3. The van der Waals surface area contributed by atoms with Gasteiger partial charge in [-0.05, 0) is 31.9 Å². The molecule has 8 heteroatoms. The topological polar surface area (TPSA) is 115 Å². The normalized spacial score (nSPS) is 20.4. The van der Waals surface area contributed by atoms with Crippen molar-refractivity contribution in [2.45, 2.75) is 38.6 Å². The summed E-state index contributed by atoms with van der Waals surface area (Å²) in [4.78, 5) is 34.1. The lowest BCUT2D eigenvalue weighted by Crippen LogP contribution is -2.48. The van der Waals surface area contributed by atoms with E-state index in [9.17, 15) is 9.59 Å². The fraction of sp³-hybridized carbons (Fsp3) is 0.471. The van der Waals surface area contributed by atoms with Crippen molar-refractivity contribution in [3.05, 3.63) is 30.3 Å². The molecule has 3 heterocycles. The lowest BCUT2D eigenvalue weighted by Gasteiger charge is -2.37. The molecule has 25 heavy (non-hydrogen) atoms. The molecule has 1 saturated heterocycles. The van der Waals surface area contributed by atoms with Crippen molar-refractivity contribution < 1.29 is 14.1 Å². The third-order valence-corrected chi connectivity index (χ3v) is 4.52. The van der Waals surface area contributed by atoms with Gasteiger partial charge in [0.15, 0.2) is 0 Å². The Kier molecular flexibility index (Phi) is 5.06. The highest BCUT2D eigenvalue weighted by atomic mass is 16.5. The maximum atomic E-state index is 12.5. The number of hydrogen-bond donors (Lipinski definition) is 1. The number of pyridine rings is 1. The van der Waals surface area contributed by atoms with Crippen molar-refractivity contribution in [1.29, 1.82) is 0 Å². The Morgan fingerprint density at radius 3 is 2.92 bits per heavy atom. The van der Waals surface area contributed by atoms with Crippen LogP contribution in [0.1, 0.15) is 32.1 Å². The Morgan fingerprint density at radius 2 is 2.20 bits per heavy atom. The Morgan fingerprint density at radius 1 is 1.36 bits per heavy atom. The molecule has 0 saturated carbocycles. The quantitative estimate of drug-likeness (QED) is 0.871. The summed E-state index contributed by atoms with van der Waals surface area (Å²) in [5.41, 5.74) is 6.00. The number of amides is 2. The molecule has 0 radical (unpaired) electrons. The van der Waals surface area contributed by atoms with Crippen molar-refractivity contribution in [3.63, 3.8) is 0 Å². The highest BCUT2D eigenvalue weighted by Gasteiger charge is 2.31. The first-order valence-corrected chi connectivity index (χ1v) is 8.37. The molecule has 0 aromatic carbocycles. The molecule has 2 atom stereocenters. The van der Waals surface area contributed by atoms with Crippen LogP contribution in [0, 0.1) is 5.92 Å². The SMILES string of the molecule is C[C@@H]1CC[C@@H](C(N)=O)CN1C(=O)CCc1nc(-c2ccccn2)no1. The van der Waals surface area contributed by atoms with Gasteiger partial charge >= 0.3 is 0 Å². The van der Waals surface area contributed by atoms with Gasteiger partial charge in [0.05, 0.1) is 5.92 Å². The first kappa shape index (κ1) is 17.1. The number of piperidine rings is 1. The summed E-state index contributed by atoms with van der Waals surface area (Å²) in [6.07, 6.45) is 3.77. The van der Waals surface area contributed by atoms with E-state index in [4.69, 9.17) is 10.3 Å². The second kappa shape index (κ2) is 7.42. The molecule has 132 valence electrons. The average Bonchev–Trinajstić information content (AvgIpc) is 3.09. The monoisotopic (exact) mass is 343 g/mol. The van der Waals surface area contributed by atoms with E-state index in [1.807, 2.05) is 19.1 Å². The second-order valence-electron chi connectivity index (χ2n) is 6.30. The summed E-state index contributed by atoms with van der Waals surface area (Å²) < 4.78 is 5.20. The number of carbonyl (C=O) groups excluding carboxylic acids is 2. The maximum absolute atomic E-state index is 12.5. The highest BCUT2D eigenvalue weighted by Crippen LogP contribution is 2.23. The maximum Gasteiger partial charge on any atom is 0.227 e. The molecular formula is C17H21N5O3. The molecule has 2 amide bonds. The van der Waals surface area contributed by atoms with Crippen LogP contribution in [0.4, 0.5) is 0 Å². The summed E-state index contributed by atoms with van der Waals surface area (Å²) in [5.74, 6) is 0.158. The van der Waals surface area contributed by atoms with Crippen molar-refractivity contribution in [3.8, 4) is 11.5 Å². The molecule has 3 rings (SSSR count). The number of hydrogen-bond acceptors (Lipinski definition) is 6. The third kappa shape index (κ3) is 4.01. The molecular weight excluding hydrogens is 322 g/mol. The van der Waals surface area contributed by atoms with Crippen molar-refractivity contribution in [2.24, 2.45) is 11.7 Å². The predicted molar refractivity (Wildman–Crippen MR) is 88.9 cm³/mol. The van der Waals surface area contributed by atoms with Crippen LogP contribution in [-0.4, -0.2) is 44.4 Å². The molecule has 1 aliphatic heterocycles. The molecule has 8 nitrogen and oxygen atoms in total. The second-order valence-corrected chi connectivity index (χ2v) is 6.30. The molecule has 1 aliphatic rings. The molecule has 2 N–H and O–H groups in total. The molecule has 0 spiro atoms. The van der Waals surface area contributed by atoms with Gasteiger partial charge in [-0.2, -0.15) is 4.98 Å². The van der Waals surface area contributed by atoms with Gasteiger partial charge in [-0.15, -0.1) is 0 Å². The summed E-state index contributed by atoms with van der Waals surface area (Å²) in [5, 5.41) is 3.89. The summed E-state index contributed by atoms with van der Waals surface area (Å²) in [7, 11) is 0. The van der Waals surface area contributed by atoms with Gasteiger partial charge in [0, 0.05) is 31.6 Å². The van der Waals surface area contributed by atoms with Gasteiger partial charge in [0.25, 0.3) is 0 Å². The van der Waals surface area contributed by atoms with Crippen LogP contribution >= 0.6 is 0 Å². The lowest BCUT2D eigenvalue weighted by atomic mass is 9.92. The number of primary amides is 1. The van der Waals surface area contributed by atoms with Crippen LogP contribution in [0.25, 0.3) is 11.5 Å². The van der Waals surface area contributed by atoms with Crippen molar-refractivity contribution >= 4 is 11.8 Å². The van der Waals surface area contributed by atoms with Crippen LogP contribution in [0.15, 0.2) is 28.9 Å². The van der Waals surface area contributed by atoms with Crippen LogP contribution in [0.5, 0.6) is 0 Å². The van der Waals surface area contributed by atoms with Crippen LogP contribution < -0.4 is 5.73 Å². The van der Waals surface area contributed by atoms with Crippen molar-refractivity contribution in [2.75, 3.05) is 6.54 Å². The minimum Gasteiger partial charge on any atom is -0.369 e. The van der Waals surface area contributed by atoms with E-state index in [1.54, 1.807) is 17.2 Å². The summed E-state index contributed by atoms with van der Waals surface area (Å²) >= 11 is 0. The standard InChI is InChI=1S/C17H21N5O3/c1-11-5-6-12(16(18)24)10-22(11)15(23)8-7-14-20-17(21-25-14)13-4-2-3-9-19-13/h2-4,9,11-12H,5-8,10H2,1H3,(H2,18,24)/t11-,12-/m1/s1. The van der Waals surface area contributed by atoms with E-state index in [1.165, 1.54) is 0 Å². The molecule has 1 fully saturated rings. The zero-order chi connectivity index (χ0) is 17.8.